The number of hydrogen-bond donors (Lipinski definition) is 2. The Kier molecular flexibility index (Phi) is 4.41. The molecule has 0 aliphatic rings. The highest BCUT2D eigenvalue weighted by Crippen LogP contribution is 2.27. The van der Waals surface area contributed by atoms with Gasteiger partial charge < -0.3 is 10.2 Å². The van der Waals surface area contributed by atoms with Crippen LogP contribution in [0.5, 0.6) is 11.5 Å². The fourth-order valence-corrected chi connectivity index (χ4v) is 1.29. The molecule has 0 saturated heterocycles. The molecule has 0 saturated carbocycles. The van der Waals surface area contributed by atoms with Crippen molar-refractivity contribution in [1.82, 2.24) is 0 Å². The van der Waals surface area contributed by atoms with E-state index < -0.39 is 0 Å². The van der Waals surface area contributed by atoms with Crippen LogP contribution < -0.4 is 0 Å². The molecule has 0 bridgehead atoms. The van der Waals surface area contributed by atoms with E-state index in [0.29, 0.717) is 11.1 Å². The van der Waals surface area contributed by atoms with Gasteiger partial charge in [0.15, 0.2) is 0 Å². The summed E-state index contributed by atoms with van der Waals surface area (Å²) in [5.41, 5.74) is 0.511. The highest BCUT2D eigenvalue weighted by molar-refractivity contribution is 5.57. The van der Waals surface area contributed by atoms with E-state index in [-0.39, 0.29) is 22.3 Å². The lowest BCUT2D eigenvalue weighted by atomic mass is 9.96. The van der Waals surface area contributed by atoms with E-state index in [1.165, 1.54) is 12.1 Å². The van der Waals surface area contributed by atoms with Crippen LogP contribution in [0.3, 0.4) is 0 Å². The highest BCUT2D eigenvalue weighted by atomic mass is 16.3. The molecule has 0 unspecified atom stereocenters. The van der Waals surface area contributed by atoms with Gasteiger partial charge >= 0.3 is 0 Å². The van der Waals surface area contributed by atoms with Crippen LogP contribution in [0.25, 0.3) is 0 Å². The Bertz CT molecular complexity index is 560. The van der Waals surface area contributed by atoms with Crippen LogP contribution >= 0.6 is 0 Å². The third-order valence-electron chi connectivity index (χ3n) is 2.26. The maximum absolute atomic E-state index is 9.96. The Morgan fingerprint density at radius 2 is 1.00 bits per heavy atom. The quantitative estimate of drug-likeness (QED) is 0.554. The minimum absolute atomic E-state index is 0.0396. The lowest BCUT2D eigenvalue weighted by Crippen LogP contribution is -2.00. The van der Waals surface area contributed by atoms with Gasteiger partial charge in [-0.2, -0.15) is 0 Å². The van der Waals surface area contributed by atoms with Gasteiger partial charge in [0.1, 0.15) is 11.5 Å². The fourth-order valence-electron chi connectivity index (χ4n) is 1.29. The van der Waals surface area contributed by atoms with E-state index in [2.05, 4.69) is 23.7 Å². The van der Waals surface area contributed by atoms with Crippen molar-refractivity contribution in [3.05, 3.63) is 23.3 Å². The first-order valence-electron chi connectivity index (χ1n) is 6.60. The zero-order valence-electron chi connectivity index (χ0n) is 13.0. The molecule has 1 rings (SSSR count). The SMILES string of the molecule is CC(C)(C)C#Cc1cc(O)c(C#CC(C)(C)C)cc1O. The van der Waals surface area contributed by atoms with Gasteiger partial charge in [0.2, 0.25) is 0 Å². The van der Waals surface area contributed by atoms with Crippen molar-refractivity contribution in [2.24, 2.45) is 10.8 Å². The topological polar surface area (TPSA) is 40.5 Å². The maximum Gasteiger partial charge on any atom is 0.132 e. The molecule has 2 N–H and O–H groups in total. The molecular weight excluding hydrogens is 248 g/mol. The zero-order chi connectivity index (χ0) is 15.6. The summed E-state index contributed by atoms with van der Waals surface area (Å²) in [6, 6.07) is 2.92. The van der Waals surface area contributed by atoms with Crippen LogP contribution in [-0.4, -0.2) is 10.2 Å². The standard InChI is InChI=1S/C18H22O2/c1-17(2,3)9-7-13-11-16(20)14(12-15(13)19)8-10-18(4,5)6/h11-12,19-20H,1-6H3. The molecule has 2 heteroatoms. The molecule has 0 atom stereocenters. The normalized spacial score (nSPS) is 11.1. The van der Waals surface area contributed by atoms with Crippen molar-refractivity contribution in [3.63, 3.8) is 0 Å². The minimum atomic E-state index is -0.160. The predicted molar refractivity (Wildman–Crippen MR) is 82.4 cm³/mol. The van der Waals surface area contributed by atoms with Crippen LogP contribution in [0.1, 0.15) is 52.7 Å². The second kappa shape index (κ2) is 5.51. The molecule has 0 aliphatic heterocycles. The smallest absolute Gasteiger partial charge is 0.132 e. The monoisotopic (exact) mass is 270 g/mol. The summed E-state index contributed by atoms with van der Waals surface area (Å²) < 4.78 is 0. The van der Waals surface area contributed by atoms with E-state index in [4.69, 9.17) is 0 Å². The van der Waals surface area contributed by atoms with Gasteiger partial charge in [-0.05, 0) is 41.5 Å². The van der Waals surface area contributed by atoms with Crippen molar-refractivity contribution in [2.75, 3.05) is 0 Å². The van der Waals surface area contributed by atoms with E-state index in [9.17, 15) is 10.2 Å². The van der Waals surface area contributed by atoms with E-state index >= 15 is 0 Å². The van der Waals surface area contributed by atoms with E-state index in [0.717, 1.165) is 0 Å². The molecule has 106 valence electrons. The van der Waals surface area contributed by atoms with Crippen molar-refractivity contribution in [3.8, 4) is 35.2 Å². The molecule has 20 heavy (non-hydrogen) atoms. The first-order valence-corrected chi connectivity index (χ1v) is 6.60. The van der Waals surface area contributed by atoms with Crippen molar-refractivity contribution in [1.29, 1.82) is 0 Å². The summed E-state index contributed by atoms with van der Waals surface area (Å²) in [7, 11) is 0. The number of phenolic OH excluding ortho intramolecular Hbond substituents is 2. The Morgan fingerprint density at radius 3 is 1.25 bits per heavy atom. The number of aromatic hydroxyl groups is 2. The molecule has 0 aliphatic carbocycles. The third-order valence-corrected chi connectivity index (χ3v) is 2.26. The predicted octanol–water partition coefficient (Wildman–Crippen LogP) is 3.89. The third kappa shape index (κ3) is 5.29. The first kappa shape index (κ1) is 16.0. The van der Waals surface area contributed by atoms with E-state index in [1.54, 1.807) is 0 Å². The summed E-state index contributed by atoms with van der Waals surface area (Å²) in [5.74, 6) is 11.9. The summed E-state index contributed by atoms with van der Waals surface area (Å²) >= 11 is 0. The Labute approximate surface area is 121 Å². The number of benzene rings is 1. The molecule has 1 aromatic carbocycles. The lowest BCUT2D eigenvalue weighted by Gasteiger charge is -2.08. The van der Waals surface area contributed by atoms with Crippen LogP contribution in [0, 0.1) is 34.5 Å². The summed E-state index contributed by atoms with van der Waals surface area (Å²) in [6.07, 6.45) is 0. The minimum Gasteiger partial charge on any atom is -0.507 e. The number of phenols is 2. The molecule has 0 aromatic heterocycles. The summed E-state index contributed by atoms with van der Waals surface area (Å²) in [6.45, 7) is 11.9. The van der Waals surface area contributed by atoms with Gasteiger partial charge in [0, 0.05) is 23.0 Å². The molecular formula is C18H22O2. The molecule has 0 spiro atoms. The Balaban J connectivity index is 3.21. The highest BCUT2D eigenvalue weighted by Gasteiger charge is 2.09. The van der Waals surface area contributed by atoms with Crippen LogP contribution in [-0.2, 0) is 0 Å². The zero-order valence-corrected chi connectivity index (χ0v) is 13.0. The van der Waals surface area contributed by atoms with Crippen molar-refractivity contribution >= 4 is 0 Å². The Morgan fingerprint density at radius 1 is 0.700 bits per heavy atom. The molecule has 1 aromatic rings. The van der Waals surface area contributed by atoms with Crippen LogP contribution in [0.4, 0.5) is 0 Å². The average Bonchev–Trinajstić information content (AvgIpc) is 2.25. The summed E-state index contributed by atoms with van der Waals surface area (Å²) in [4.78, 5) is 0. The number of hydrogen-bond acceptors (Lipinski definition) is 2. The average molecular weight is 270 g/mol. The second-order valence-corrected chi connectivity index (χ2v) is 6.89. The van der Waals surface area contributed by atoms with Gasteiger partial charge in [0.05, 0.1) is 11.1 Å². The lowest BCUT2D eigenvalue weighted by molar-refractivity contribution is 0.457. The Hall–Kier alpha value is -2.06. The van der Waals surface area contributed by atoms with Gasteiger partial charge in [-0.3, -0.25) is 0 Å². The first-order chi connectivity index (χ1) is 8.98. The molecule has 0 radical (unpaired) electrons. The molecule has 0 fully saturated rings. The van der Waals surface area contributed by atoms with E-state index in [1.807, 2.05) is 41.5 Å². The van der Waals surface area contributed by atoms with Crippen LogP contribution in [0.2, 0.25) is 0 Å². The number of rotatable bonds is 0. The maximum atomic E-state index is 9.96. The van der Waals surface area contributed by atoms with Crippen molar-refractivity contribution in [2.45, 2.75) is 41.5 Å². The van der Waals surface area contributed by atoms with Gasteiger partial charge in [-0.1, -0.05) is 23.7 Å². The molecule has 0 heterocycles. The second-order valence-electron chi connectivity index (χ2n) is 6.89. The fraction of sp³-hybridized carbons (Fsp3) is 0.444. The summed E-state index contributed by atoms with van der Waals surface area (Å²) in [5, 5.41) is 19.9. The van der Waals surface area contributed by atoms with Gasteiger partial charge in [-0.25, -0.2) is 0 Å². The van der Waals surface area contributed by atoms with Gasteiger partial charge in [0.25, 0.3) is 0 Å². The van der Waals surface area contributed by atoms with Crippen molar-refractivity contribution < 1.29 is 10.2 Å². The largest absolute Gasteiger partial charge is 0.507 e. The van der Waals surface area contributed by atoms with Gasteiger partial charge in [-0.15, -0.1) is 0 Å². The molecule has 2 nitrogen and oxygen atoms in total. The molecule has 0 amide bonds. The van der Waals surface area contributed by atoms with Crippen LogP contribution in [0.15, 0.2) is 12.1 Å².